The summed E-state index contributed by atoms with van der Waals surface area (Å²) in [4.78, 5) is 15.3. The highest BCUT2D eigenvalue weighted by Crippen LogP contribution is 2.22. The Balaban J connectivity index is 1.67. The van der Waals surface area contributed by atoms with Crippen LogP contribution in [0.15, 0.2) is 54.6 Å². The average molecular weight is 379 g/mol. The number of ether oxygens (including phenoxy) is 1. The van der Waals surface area contributed by atoms with Crippen LogP contribution in [-0.4, -0.2) is 44.6 Å². The molecule has 0 spiro atoms. The zero-order chi connectivity index (χ0) is 19.8. The Morgan fingerprint density at radius 2 is 1.79 bits per heavy atom. The molecule has 4 nitrogen and oxygen atoms in total. The van der Waals surface area contributed by atoms with Gasteiger partial charge < -0.3 is 15.0 Å². The number of amides is 1. The third-order valence-electron chi connectivity index (χ3n) is 5.43. The summed E-state index contributed by atoms with van der Waals surface area (Å²) in [5.74, 6) is 1.50. The van der Waals surface area contributed by atoms with Gasteiger partial charge in [-0.15, -0.1) is 0 Å². The van der Waals surface area contributed by atoms with Crippen LogP contribution in [0.4, 0.5) is 0 Å². The number of nitrogens with zero attached hydrogens (tertiary/aromatic N) is 1. The molecule has 0 aliphatic carbocycles. The molecule has 1 saturated heterocycles. The Morgan fingerprint density at radius 1 is 1.11 bits per heavy atom. The van der Waals surface area contributed by atoms with Crippen LogP contribution in [0.3, 0.4) is 0 Å². The Bertz CT molecular complexity index is 776. The third kappa shape index (κ3) is 5.70. The molecule has 148 valence electrons. The smallest absolute Gasteiger partial charge is 0.251 e. The fraction of sp³-hybridized carbons (Fsp3) is 0.375. The maximum Gasteiger partial charge on any atom is 0.251 e. The molecule has 28 heavy (non-hydrogen) atoms. The summed E-state index contributed by atoms with van der Waals surface area (Å²) in [6.45, 7) is 3.04. The lowest BCUT2D eigenvalue weighted by molar-refractivity contribution is -0.115. The number of likely N-dealkylation sites (tertiary alicyclic amines) is 1. The summed E-state index contributed by atoms with van der Waals surface area (Å²) >= 11 is 0. The summed E-state index contributed by atoms with van der Waals surface area (Å²) in [7, 11) is 3.83. The molecule has 2 aromatic rings. The van der Waals surface area contributed by atoms with E-state index in [0.29, 0.717) is 11.5 Å². The number of hydrogen-bond donors (Lipinski definition) is 1. The molecule has 0 bridgehead atoms. The number of benzene rings is 2. The van der Waals surface area contributed by atoms with Crippen LogP contribution in [0.1, 0.15) is 30.4 Å². The number of piperidine rings is 1. The van der Waals surface area contributed by atoms with Crippen molar-refractivity contribution < 1.29 is 9.53 Å². The predicted octanol–water partition coefficient (Wildman–Crippen LogP) is 4.08. The van der Waals surface area contributed by atoms with E-state index in [2.05, 4.69) is 17.3 Å². The number of methoxy groups -OCH3 is 1. The number of nitrogens with one attached hydrogen (secondary N) is 1. The van der Waals surface area contributed by atoms with Crippen LogP contribution in [0.25, 0.3) is 11.6 Å². The summed E-state index contributed by atoms with van der Waals surface area (Å²) in [6.07, 6.45) is 5.43. The first-order valence-corrected chi connectivity index (χ1v) is 10.0. The number of hydrogen-bond acceptors (Lipinski definition) is 3. The second-order valence-corrected chi connectivity index (χ2v) is 7.49. The summed E-state index contributed by atoms with van der Waals surface area (Å²) < 4.78 is 5.22. The Hall–Kier alpha value is -2.59. The lowest BCUT2D eigenvalue weighted by Crippen LogP contribution is -2.33. The van der Waals surface area contributed by atoms with E-state index in [1.54, 1.807) is 7.11 Å². The molecule has 0 radical (unpaired) electrons. The lowest BCUT2D eigenvalue weighted by atomic mass is 9.94. The molecule has 1 fully saturated rings. The van der Waals surface area contributed by atoms with Crippen molar-refractivity contribution >= 4 is 17.6 Å². The van der Waals surface area contributed by atoms with Crippen molar-refractivity contribution in [2.75, 3.05) is 33.8 Å². The standard InChI is InChI=1S/C24H30N2O2/c1-26-16-13-19(14-17-26)12-15-25-24(27)23(21-6-4-3-5-7-21)18-20-8-10-22(28-2)11-9-20/h3-11,18-19H,12-17H2,1-2H3,(H,25,27)/b23-18+. The predicted molar refractivity (Wildman–Crippen MR) is 115 cm³/mol. The SMILES string of the molecule is COc1ccc(/C=C(/C(=O)NCCC2CCN(C)CC2)c2ccccc2)cc1. The molecule has 1 aliphatic heterocycles. The van der Waals surface area contributed by atoms with Gasteiger partial charge >= 0.3 is 0 Å². The third-order valence-corrected chi connectivity index (χ3v) is 5.43. The van der Waals surface area contributed by atoms with Gasteiger partial charge in [-0.1, -0.05) is 42.5 Å². The number of carbonyl (C=O) groups excluding carboxylic acids is 1. The number of rotatable bonds is 7. The van der Waals surface area contributed by atoms with Crippen molar-refractivity contribution in [3.05, 3.63) is 65.7 Å². The van der Waals surface area contributed by atoms with E-state index in [1.165, 1.54) is 12.8 Å². The highest BCUT2D eigenvalue weighted by molar-refractivity contribution is 6.24. The molecular weight excluding hydrogens is 348 g/mol. The maximum absolute atomic E-state index is 13.0. The van der Waals surface area contributed by atoms with E-state index >= 15 is 0 Å². The minimum Gasteiger partial charge on any atom is -0.497 e. The van der Waals surface area contributed by atoms with Crippen LogP contribution in [-0.2, 0) is 4.79 Å². The highest BCUT2D eigenvalue weighted by atomic mass is 16.5. The van der Waals surface area contributed by atoms with Crippen molar-refractivity contribution in [1.29, 1.82) is 0 Å². The molecule has 0 saturated carbocycles. The topological polar surface area (TPSA) is 41.6 Å². The molecular formula is C24H30N2O2. The molecule has 2 aromatic carbocycles. The first-order valence-electron chi connectivity index (χ1n) is 10.0. The van der Waals surface area contributed by atoms with Gasteiger partial charge in [0.25, 0.3) is 5.91 Å². The summed E-state index contributed by atoms with van der Waals surface area (Å²) in [6, 6.07) is 17.6. The van der Waals surface area contributed by atoms with Gasteiger partial charge in [0.15, 0.2) is 0 Å². The monoisotopic (exact) mass is 378 g/mol. The quantitative estimate of drug-likeness (QED) is 0.583. The summed E-state index contributed by atoms with van der Waals surface area (Å²) in [5.41, 5.74) is 2.59. The van der Waals surface area contributed by atoms with E-state index in [0.717, 1.165) is 42.9 Å². The molecule has 1 heterocycles. The van der Waals surface area contributed by atoms with Gasteiger partial charge in [-0.05, 0) is 74.7 Å². The van der Waals surface area contributed by atoms with E-state index in [1.807, 2.05) is 60.7 Å². The van der Waals surface area contributed by atoms with E-state index < -0.39 is 0 Å². The molecule has 3 rings (SSSR count). The van der Waals surface area contributed by atoms with Crippen LogP contribution >= 0.6 is 0 Å². The van der Waals surface area contributed by atoms with E-state index in [-0.39, 0.29) is 5.91 Å². The van der Waals surface area contributed by atoms with E-state index in [9.17, 15) is 4.79 Å². The zero-order valence-corrected chi connectivity index (χ0v) is 16.9. The van der Waals surface area contributed by atoms with Crippen LogP contribution in [0.2, 0.25) is 0 Å². The molecule has 0 aromatic heterocycles. The largest absolute Gasteiger partial charge is 0.497 e. The van der Waals surface area contributed by atoms with Gasteiger partial charge in [-0.3, -0.25) is 4.79 Å². The Labute approximate surface area is 168 Å². The van der Waals surface area contributed by atoms with Crippen molar-refractivity contribution in [3.63, 3.8) is 0 Å². The molecule has 4 heteroatoms. The fourth-order valence-corrected chi connectivity index (χ4v) is 3.60. The van der Waals surface area contributed by atoms with Gasteiger partial charge in [-0.25, -0.2) is 0 Å². The minimum absolute atomic E-state index is 0.0186. The van der Waals surface area contributed by atoms with Gasteiger partial charge in [0.05, 0.1) is 7.11 Å². The van der Waals surface area contributed by atoms with Crippen molar-refractivity contribution in [1.82, 2.24) is 10.2 Å². The molecule has 1 aliphatic rings. The Morgan fingerprint density at radius 3 is 2.43 bits per heavy atom. The maximum atomic E-state index is 13.0. The first-order chi connectivity index (χ1) is 13.7. The van der Waals surface area contributed by atoms with Crippen molar-refractivity contribution in [2.45, 2.75) is 19.3 Å². The van der Waals surface area contributed by atoms with Crippen LogP contribution in [0, 0.1) is 5.92 Å². The van der Waals surface area contributed by atoms with E-state index in [4.69, 9.17) is 4.74 Å². The summed E-state index contributed by atoms with van der Waals surface area (Å²) in [5, 5.41) is 3.14. The second kappa shape index (κ2) is 10.1. The lowest BCUT2D eigenvalue weighted by Gasteiger charge is -2.28. The van der Waals surface area contributed by atoms with Gasteiger partial charge in [0.2, 0.25) is 0 Å². The number of carbonyl (C=O) groups is 1. The minimum atomic E-state index is -0.0186. The fourth-order valence-electron chi connectivity index (χ4n) is 3.60. The molecule has 0 unspecified atom stereocenters. The first kappa shape index (κ1) is 20.2. The Kier molecular flexibility index (Phi) is 7.26. The van der Waals surface area contributed by atoms with Gasteiger partial charge in [0, 0.05) is 12.1 Å². The average Bonchev–Trinajstić information content (AvgIpc) is 2.74. The second-order valence-electron chi connectivity index (χ2n) is 7.49. The van der Waals surface area contributed by atoms with Crippen molar-refractivity contribution in [2.24, 2.45) is 5.92 Å². The van der Waals surface area contributed by atoms with Gasteiger partial charge in [-0.2, -0.15) is 0 Å². The van der Waals surface area contributed by atoms with Gasteiger partial charge in [0.1, 0.15) is 5.75 Å². The molecule has 1 N–H and O–H groups in total. The van der Waals surface area contributed by atoms with Crippen LogP contribution in [0.5, 0.6) is 5.75 Å². The normalized spacial score (nSPS) is 16.0. The highest BCUT2D eigenvalue weighted by Gasteiger charge is 2.17. The van der Waals surface area contributed by atoms with Crippen LogP contribution < -0.4 is 10.1 Å². The zero-order valence-electron chi connectivity index (χ0n) is 16.9. The molecule has 1 amide bonds. The van der Waals surface area contributed by atoms with Crippen molar-refractivity contribution in [3.8, 4) is 5.75 Å². The molecule has 0 atom stereocenters.